The van der Waals surface area contributed by atoms with E-state index in [0.29, 0.717) is 5.56 Å². The first-order valence-electron chi connectivity index (χ1n) is 5.71. The van der Waals surface area contributed by atoms with Crippen molar-refractivity contribution >= 4 is 23.5 Å². The van der Waals surface area contributed by atoms with Crippen LogP contribution < -0.4 is 0 Å². The number of carbonyl (C=O) groups excluding carboxylic acids is 1. The fraction of sp³-hybridized carbons (Fsp3) is 0.417. The molecule has 2 unspecified atom stereocenters. The van der Waals surface area contributed by atoms with Crippen LogP contribution in [0.2, 0.25) is 5.15 Å². The maximum Gasteiger partial charge on any atom is 0.326 e. The Morgan fingerprint density at radius 3 is 2.89 bits per heavy atom. The van der Waals surface area contributed by atoms with Gasteiger partial charge in [0.05, 0.1) is 6.10 Å². The van der Waals surface area contributed by atoms with Gasteiger partial charge in [-0.05, 0) is 12.1 Å². The molecular weight excluding hydrogens is 272 g/mol. The first-order chi connectivity index (χ1) is 9.02. The van der Waals surface area contributed by atoms with Gasteiger partial charge in [0.25, 0.3) is 5.91 Å². The van der Waals surface area contributed by atoms with Crippen LogP contribution in [0.3, 0.4) is 0 Å². The van der Waals surface area contributed by atoms with Crippen molar-refractivity contribution in [3.63, 3.8) is 0 Å². The smallest absolute Gasteiger partial charge is 0.326 e. The topological polar surface area (TPSA) is 79.7 Å². The molecule has 0 aromatic carbocycles. The van der Waals surface area contributed by atoms with Crippen molar-refractivity contribution in [2.45, 2.75) is 18.6 Å². The maximum absolute atomic E-state index is 12.3. The Morgan fingerprint density at radius 1 is 1.58 bits per heavy atom. The molecule has 19 heavy (non-hydrogen) atoms. The number of rotatable bonds is 3. The molecule has 0 radical (unpaired) electrons. The van der Waals surface area contributed by atoms with Crippen LogP contribution in [0, 0.1) is 0 Å². The lowest BCUT2D eigenvalue weighted by molar-refractivity contribution is -0.141. The van der Waals surface area contributed by atoms with Gasteiger partial charge in [0.2, 0.25) is 0 Å². The SMILES string of the molecule is COC1CC(C(=O)O)N(C(=O)c2ccnc(Cl)c2)C1. The van der Waals surface area contributed by atoms with E-state index in [1.165, 1.54) is 30.3 Å². The molecule has 0 spiro atoms. The highest BCUT2D eigenvalue weighted by molar-refractivity contribution is 6.29. The molecule has 0 aliphatic carbocycles. The fourth-order valence-corrected chi connectivity index (χ4v) is 2.30. The summed E-state index contributed by atoms with van der Waals surface area (Å²) >= 11 is 5.73. The number of aromatic nitrogens is 1. The van der Waals surface area contributed by atoms with Crippen LogP contribution in [0.4, 0.5) is 0 Å². The molecule has 2 rings (SSSR count). The molecule has 1 aromatic heterocycles. The summed E-state index contributed by atoms with van der Waals surface area (Å²) < 4.78 is 5.14. The average molecular weight is 285 g/mol. The number of carbonyl (C=O) groups is 2. The Kier molecular flexibility index (Phi) is 4.01. The summed E-state index contributed by atoms with van der Waals surface area (Å²) in [6, 6.07) is 2.06. The molecule has 102 valence electrons. The molecule has 1 aliphatic rings. The van der Waals surface area contributed by atoms with Crippen molar-refractivity contribution in [2.75, 3.05) is 13.7 Å². The van der Waals surface area contributed by atoms with Crippen LogP contribution in [-0.2, 0) is 9.53 Å². The highest BCUT2D eigenvalue weighted by atomic mass is 35.5. The van der Waals surface area contributed by atoms with E-state index in [0.717, 1.165) is 0 Å². The third kappa shape index (κ3) is 2.85. The van der Waals surface area contributed by atoms with E-state index in [4.69, 9.17) is 21.4 Å². The molecule has 0 bridgehead atoms. The maximum atomic E-state index is 12.3. The van der Waals surface area contributed by atoms with Crippen LogP contribution in [0.25, 0.3) is 0 Å². The van der Waals surface area contributed by atoms with Crippen molar-refractivity contribution < 1.29 is 19.4 Å². The molecule has 1 aliphatic heterocycles. The summed E-state index contributed by atoms with van der Waals surface area (Å²) in [4.78, 5) is 28.6. The number of carboxylic acids is 1. The second kappa shape index (κ2) is 5.54. The molecular formula is C12H13ClN2O4. The van der Waals surface area contributed by atoms with Gasteiger partial charge in [-0.3, -0.25) is 4.79 Å². The molecule has 1 fully saturated rings. The quantitative estimate of drug-likeness (QED) is 0.839. The number of nitrogens with zero attached hydrogens (tertiary/aromatic N) is 2. The second-order valence-corrected chi connectivity index (χ2v) is 4.66. The molecule has 1 N–H and O–H groups in total. The van der Waals surface area contributed by atoms with Gasteiger partial charge in [-0.1, -0.05) is 11.6 Å². The van der Waals surface area contributed by atoms with Crippen LogP contribution in [-0.4, -0.2) is 52.7 Å². The predicted molar refractivity (Wildman–Crippen MR) is 67.1 cm³/mol. The van der Waals surface area contributed by atoms with Crippen molar-refractivity contribution in [3.05, 3.63) is 29.0 Å². The second-order valence-electron chi connectivity index (χ2n) is 4.27. The zero-order valence-corrected chi connectivity index (χ0v) is 11.0. The number of carboxylic acid groups (broad SMARTS) is 1. The molecule has 6 nitrogen and oxygen atoms in total. The molecule has 2 atom stereocenters. The van der Waals surface area contributed by atoms with Crippen LogP contribution in [0.1, 0.15) is 16.8 Å². The summed E-state index contributed by atoms with van der Waals surface area (Å²) in [6.45, 7) is 0.256. The number of amides is 1. The number of likely N-dealkylation sites (tertiary alicyclic amines) is 1. The minimum absolute atomic E-state index is 0.195. The monoisotopic (exact) mass is 284 g/mol. The first-order valence-corrected chi connectivity index (χ1v) is 6.09. The fourth-order valence-electron chi connectivity index (χ4n) is 2.13. The zero-order valence-electron chi connectivity index (χ0n) is 10.2. The molecule has 1 amide bonds. The van der Waals surface area contributed by atoms with Crippen LogP contribution in [0.15, 0.2) is 18.3 Å². The van der Waals surface area contributed by atoms with Gasteiger partial charge in [0.1, 0.15) is 11.2 Å². The average Bonchev–Trinajstić information content (AvgIpc) is 2.82. The van der Waals surface area contributed by atoms with E-state index in [1.807, 2.05) is 0 Å². The number of hydrogen-bond donors (Lipinski definition) is 1. The lowest BCUT2D eigenvalue weighted by Crippen LogP contribution is -2.40. The highest BCUT2D eigenvalue weighted by Gasteiger charge is 2.40. The Labute approximate surface area is 114 Å². The molecule has 7 heteroatoms. The third-order valence-corrected chi connectivity index (χ3v) is 3.32. The number of halogens is 1. The summed E-state index contributed by atoms with van der Waals surface area (Å²) in [7, 11) is 1.50. The Morgan fingerprint density at radius 2 is 2.32 bits per heavy atom. The Hall–Kier alpha value is -1.66. The zero-order chi connectivity index (χ0) is 14.0. The Bertz CT molecular complexity index is 508. The number of pyridine rings is 1. The highest BCUT2D eigenvalue weighted by Crippen LogP contribution is 2.23. The van der Waals surface area contributed by atoms with Crippen molar-refractivity contribution in [1.82, 2.24) is 9.88 Å². The number of hydrogen-bond acceptors (Lipinski definition) is 4. The summed E-state index contributed by atoms with van der Waals surface area (Å²) in [5, 5.41) is 9.35. The van der Waals surface area contributed by atoms with Crippen LogP contribution >= 0.6 is 11.6 Å². The summed E-state index contributed by atoms with van der Waals surface area (Å²) in [5.41, 5.74) is 0.322. The lowest BCUT2D eigenvalue weighted by Gasteiger charge is -2.21. The standard InChI is InChI=1S/C12H13ClN2O4/c1-19-8-5-9(12(17)18)15(6-8)11(16)7-2-3-14-10(13)4-7/h2-4,8-9H,5-6H2,1H3,(H,17,18). The summed E-state index contributed by atoms with van der Waals surface area (Å²) in [5.74, 6) is -1.41. The van der Waals surface area contributed by atoms with E-state index in [1.54, 1.807) is 0 Å². The van der Waals surface area contributed by atoms with Gasteiger partial charge in [-0.15, -0.1) is 0 Å². The van der Waals surface area contributed by atoms with Gasteiger partial charge < -0.3 is 14.7 Å². The van der Waals surface area contributed by atoms with E-state index in [-0.39, 0.29) is 30.1 Å². The van der Waals surface area contributed by atoms with Gasteiger partial charge in [0.15, 0.2) is 0 Å². The van der Waals surface area contributed by atoms with E-state index < -0.39 is 12.0 Å². The Balaban J connectivity index is 2.24. The van der Waals surface area contributed by atoms with Gasteiger partial charge in [-0.2, -0.15) is 0 Å². The predicted octanol–water partition coefficient (Wildman–Crippen LogP) is 1.05. The third-order valence-electron chi connectivity index (χ3n) is 3.12. The van der Waals surface area contributed by atoms with Crippen LogP contribution in [0.5, 0.6) is 0 Å². The first kappa shape index (κ1) is 13.8. The van der Waals surface area contributed by atoms with E-state index in [9.17, 15) is 9.59 Å². The van der Waals surface area contributed by atoms with Crippen molar-refractivity contribution in [2.24, 2.45) is 0 Å². The lowest BCUT2D eigenvalue weighted by atomic mass is 10.2. The number of ether oxygens (including phenoxy) is 1. The largest absolute Gasteiger partial charge is 0.480 e. The number of methoxy groups -OCH3 is 1. The van der Waals surface area contributed by atoms with Gasteiger partial charge in [-0.25, -0.2) is 9.78 Å². The normalized spacial score (nSPS) is 22.5. The van der Waals surface area contributed by atoms with Crippen molar-refractivity contribution in [3.8, 4) is 0 Å². The molecule has 1 aromatic rings. The van der Waals surface area contributed by atoms with E-state index in [2.05, 4.69) is 4.98 Å². The molecule has 2 heterocycles. The minimum atomic E-state index is -1.03. The van der Waals surface area contributed by atoms with Crippen molar-refractivity contribution in [1.29, 1.82) is 0 Å². The van der Waals surface area contributed by atoms with Gasteiger partial charge in [0, 0.05) is 31.8 Å². The molecule has 1 saturated heterocycles. The summed E-state index contributed by atoms with van der Waals surface area (Å²) in [6.07, 6.45) is 1.44. The minimum Gasteiger partial charge on any atom is -0.480 e. The van der Waals surface area contributed by atoms with E-state index >= 15 is 0 Å². The molecule has 0 saturated carbocycles. The number of aliphatic carboxylic acids is 1. The van der Waals surface area contributed by atoms with Gasteiger partial charge >= 0.3 is 5.97 Å².